The van der Waals surface area contributed by atoms with Crippen molar-refractivity contribution >= 4 is 21.6 Å². The summed E-state index contributed by atoms with van der Waals surface area (Å²) in [4.78, 5) is 12.5. The second kappa shape index (κ2) is 6.83. The van der Waals surface area contributed by atoms with Crippen LogP contribution in [0.25, 0.3) is 0 Å². The first kappa shape index (κ1) is 20.1. The third-order valence-corrected chi connectivity index (χ3v) is 7.09. The van der Waals surface area contributed by atoms with Crippen molar-refractivity contribution in [1.29, 1.82) is 0 Å². The molecule has 0 aliphatic carbocycles. The van der Waals surface area contributed by atoms with Crippen molar-refractivity contribution in [2.75, 3.05) is 5.32 Å². The first-order valence-corrected chi connectivity index (χ1v) is 9.69. The Kier molecular flexibility index (Phi) is 5.28. The van der Waals surface area contributed by atoms with E-state index >= 15 is 0 Å². The molecule has 0 radical (unpaired) electrons. The van der Waals surface area contributed by atoms with Crippen molar-refractivity contribution in [2.24, 2.45) is 0 Å². The molecule has 6 nitrogen and oxygen atoms in total. The number of rotatable bonds is 6. The fraction of sp³-hybridized carbons (Fsp3) is 0.444. The predicted octanol–water partition coefficient (Wildman–Crippen LogP) is 3.69. The number of nitrogens with one attached hydrogen (secondary N) is 1. The zero-order chi connectivity index (χ0) is 19.8. The minimum absolute atomic E-state index is 0.0777. The Labute approximate surface area is 152 Å². The van der Waals surface area contributed by atoms with Crippen molar-refractivity contribution in [3.05, 3.63) is 41.8 Å². The highest BCUT2D eigenvalue weighted by Gasteiger charge is 2.43. The molecule has 1 amide bonds. The maximum absolute atomic E-state index is 13.1. The predicted molar refractivity (Wildman–Crippen MR) is 96.1 cm³/mol. The number of aromatic nitrogens is 1. The number of nitrogens with zero attached hydrogens (tertiary/aromatic N) is 1. The number of benzene rings is 1. The minimum atomic E-state index is -4.04. The van der Waals surface area contributed by atoms with Crippen molar-refractivity contribution in [3.63, 3.8) is 0 Å². The summed E-state index contributed by atoms with van der Waals surface area (Å²) in [6.45, 7) is 8.55. The monoisotopic (exact) mass is 382 g/mol. The van der Waals surface area contributed by atoms with Crippen LogP contribution in [0.5, 0.6) is 0 Å². The van der Waals surface area contributed by atoms with E-state index in [2.05, 4.69) is 10.5 Å². The maximum Gasteiger partial charge on any atom is 0.248 e. The third-order valence-electron chi connectivity index (χ3n) is 4.67. The fourth-order valence-corrected chi connectivity index (χ4v) is 3.51. The maximum atomic E-state index is 13.1. The number of halogens is 1. The summed E-state index contributed by atoms with van der Waals surface area (Å²) < 4.78 is 41.9. The van der Waals surface area contributed by atoms with Crippen LogP contribution in [0.2, 0.25) is 0 Å². The van der Waals surface area contributed by atoms with E-state index in [0.29, 0.717) is 5.69 Å². The molecule has 1 heterocycles. The molecule has 0 atom stereocenters. The van der Waals surface area contributed by atoms with Crippen molar-refractivity contribution < 1.29 is 22.1 Å². The lowest BCUT2D eigenvalue weighted by molar-refractivity contribution is -0.118. The highest BCUT2D eigenvalue weighted by atomic mass is 32.2. The molecule has 142 valence electrons. The lowest BCUT2D eigenvalue weighted by Gasteiger charge is -2.23. The van der Waals surface area contributed by atoms with Gasteiger partial charge in [0.2, 0.25) is 11.8 Å². The minimum Gasteiger partial charge on any atom is -0.338 e. The van der Waals surface area contributed by atoms with Crippen LogP contribution in [0.4, 0.5) is 10.3 Å². The molecule has 0 fully saturated rings. The van der Waals surface area contributed by atoms with Crippen LogP contribution in [-0.2, 0) is 20.0 Å². The van der Waals surface area contributed by atoms with Gasteiger partial charge < -0.3 is 4.52 Å². The van der Waals surface area contributed by atoms with Crippen LogP contribution in [0.1, 0.15) is 46.7 Å². The van der Waals surface area contributed by atoms with E-state index in [9.17, 15) is 17.6 Å². The smallest absolute Gasteiger partial charge is 0.248 e. The Morgan fingerprint density at radius 1 is 1.19 bits per heavy atom. The molecule has 0 aliphatic rings. The molecule has 0 unspecified atom stereocenters. The topological polar surface area (TPSA) is 89.3 Å². The number of hydrogen-bond acceptors (Lipinski definition) is 5. The van der Waals surface area contributed by atoms with Gasteiger partial charge in [0.15, 0.2) is 9.84 Å². The summed E-state index contributed by atoms with van der Waals surface area (Å²) in [5.74, 6) is -1.24. The second-order valence-corrected chi connectivity index (χ2v) is 9.73. The Bertz CT molecular complexity index is 900. The van der Waals surface area contributed by atoms with Gasteiger partial charge in [-0.3, -0.25) is 10.1 Å². The largest absolute Gasteiger partial charge is 0.338 e. The van der Waals surface area contributed by atoms with E-state index in [1.165, 1.54) is 13.8 Å². The van der Waals surface area contributed by atoms with Crippen LogP contribution in [-0.4, -0.2) is 24.2 Å². The Hall–Kier alpha value is -2.22. The number of carbonyl (C=O) groups excluding carboxylic acids is 1. The van der Waals surface area contributed by atoms with Gasteiger partial charge in [0.25, 0.3) is 0 Å². The van der Waals surface area contributed by atoms with Gasteiger partial charge in [0, 0.05) is 11.5 Å². The van der Waals surface area contributed by atoms with Gasteiger partial charge in [-0.15, -0.1) is 0 Å². The second-order valence-electron chi connectivity index (χ2n) is 7.24. The van der Waals surface area contributed by atoms with Gasteiger partial charge in [0.05, 0.1) is 10.6 Å². The zero-order valence-electron chi connectivity index (χ0n) is 15.5. The molecular weight excluding hydrogens is 359 g/mol. The summed E-state index contributed by atoms with van der Waals surface area (Å²) in [5.41, 5.74) is 0.428. The molecule has 0 saturated heterocycles. The first-order chi connectivity index (χ1) is 11.9. The van der Waals surface area contributed by atoms with Crippen LogP contribution < -0.4 is 5.32 Å². The van der Waals surface area contributed by atoms with E-state index in [4.69, 9.17) is 4.52 Å². The van der Waals surface area contributed by atoms with Gasteiger partial charge in [0.1, 0.15) is 10.6 Å². The molecule has 8 heteroatoms. The van der Waals surface area contributed by atoms with E-state index in [0.717, 1.165) is 30.7 Å². The number of sulfone groups is 1. The van der Waals surface area contributed by atoms with Gasteiger partial charge in [-0.2, -0.15) is 0 Å². The summed E-state index contributed by atoms with van der Waals surface area (Å²) in [5, 5.41) is 6.41. The molecule has 1 aromatic heterocycles. The molecule has 2 aromatic rings. The molecule has 0 saturated carbocycles. The standard InChI is InChI=1S/C18H23FN2O4S/c1-6-17(2,3)14-11-15(25-21-14)20-16(22)18(4,5)26(23,24)13-9-7-12(19)8-10-13/h7-11H,6H2,1-5H3,(H,20,22). The van der Waals surface area contributed by atoms with E-state index in [-0.39, 0.29) is 16.2 Å². The van der Waals surface area contributed by atoms with Crippen molar-refractivity contribution in [2.45, 2.75) is 56.1 Å². The summed E-state index contributed by atoms with van der Waals surface area (Å²) in [7, 11) is -4.04. The molecule has 0 spiro atoms. The van der Waals surface area contributed by atoms with Gasteiger partial charge >= 0.3 is 0 Å². The number of hydrogen-bond donors (Lipinski definition) is 1. The molecular formula is C18H23FN2O4S. The van der Waals surface area contributed by atoms with E-state index in [1.54, 1.807) is 6.07 Å². The van der Waals surface area contributed by atoms with Gasteiger partial charge in [-0.25, -0.2) is 12.8 Å². The Morgan fingerprint density at radius 3 is 2.31 bits per heavy atom. The van der Waals surface area contributed by atoms with Gasteiger partial charge in [-0.1, -0.05) is 25.9 Å². The molecule has 0 bridgehead atoms. The molecule has 1 N–H and O–H groups in total. The molecule has 26 heavy (non-hydrogen) atoms. The highest BCUT2D eigenvalue weighted by molar-refractivity contribution is 7.93. The van der Waals surface area contributed by atoms with Crippen LogP contribution in [0.3, 0.4) is 0 Å². The quantitative estimate of drug-likeness (QED) is 0.770. The summed E-state index contributed by atoms with van der Waals surface area (Å²) >= 11 is 0. The SMILES string of the molecule is CCC(C)(C)c1cc(NC(=O)C(C)(C)S(=O)(=O)c2ccc(F)cc2)on1. The lowest BCUT2D eigenvalue weighted by Crippen LogP contribution is -2.44. The fourth-order valence-electron chi connectivity index (χ4n) is 2.13. The van der Waals surface area contributed by atoms with Crippen LogP contribution in [0, 0.1) is 5.82 Å². The Balaban J connectivity index is 2.26. The summed E-state index contributed by atoms with van der Waals surface area (Å²) in [6, 6.07) is 5.93. The lowest BCUT2D eigenvalue weighted by atomic mass is 9.87. The summed E-state index contributed by atoms with van der Waals surface area (Å²) in [6.07, 6.45) is 0.817. The Morgan fingerprint density at radius 2 is 1.77 bits per heavy atom. The number of carbonyl (C=O) groups is 1. The third kappa shape index (κ3) is 3.65. The van der Waals surface area contributed by atoms with Crippen molar-refractivity contribution in [1.82, 2.24) is 5.16 Å². The van der Waals surface area contributed by atoms with Crippen LogP contribution in [0.15, 0.2) is 39.8 Å². The number of amides is 1. The van der Waals surface area contributed by atoms with E-state index < -0.39 is 26.3 Å². The molecule has 1 aromatic carbocycles. The number of anilines is 1. The molecule has 2 rings (SSSR count). The van der Waals surface area contributed by atoms with E-state index in [1.807, 2.05) is 20.8 Å². The first-order valence-electron chi connectivity index (χ1n) is 8.20. The normalized spacial score (nSPS) is 12.8. The molecule has 0 aliphatic heterocycles. The van der Waals surface area contributed by atoms with Gasteiger partial charge in [-0.05, 0) is 44.5 Å². The zero-order valence-corrected chi connectivity index (χ0v) is 16.3. The average Bonchev–Trinajstić information content (AvgIpc) is 3.04. The van der Waals surface area contributed by atoms with Crippen molar-refractivity contribution in [3.8, 4) is 0 Å². The van der Waals surface area contributed by atoms with Crippen LogP contribution >= 0.6 is 0 Å². The average molecular weight is 382 g/mol. The highest BCUT2D eigenvalue weighted by Crippen LogP contribution is 2.30.